The first-order valence-electron chi connectivity index (χ1n) is 8.56. The van der Waals surface area contributed by atoms with Gasteiger partial charge in [-0.1, -0.05) is 15.9 Å². The predicted molar refractivity (Wildman–Crippen MR) is 98.7 cm³/mol. The molecule has 1 aliphatic rings. The maximum atomic E-state index is 12.4. The first kappa shape index (κ1) is 18.6. The highest BCUT2D eigenvalue weighted by Gasteiger charge is 2.28. The lowest BCUT2D eigenvalue weighted by Crippen LogP contribution is -2.42. The fourth-order valence-corrected chi connectivity index (χ4v) is 3.33. The molecule has 0 radical (unpaired) electrons. The summed E-state index contributed by atoms with van der Waals surface area (Å²) in [7, 11) is 0. The molecule has 138 valence electrons. The van der Waals surface area contributed by atoms with Gasteiger partial charge in [0.1, 0.15) is 6.33 Å². The fourth-order valence-electron chi connectivity index (χ4n) is 2.97. The highest BCUT2D eigenvalue weighted by molar-refractivity contribution is 9.10. The Morgan fingerprint density at radius 3 is 2.77 bits per heavy atom. The molecule has 0 bridgehead atoms. The molecular formula is C18H20BrN3O4. The number of benzene rings is 1. The number of nitrogens with zero attached hydrogens (tertiary/aromatic N) is 3. The van der Waals surface area contributed by atoms with E-state index in [9.17, 15) is 9.59 Å². The van der Waals surface area contributed by atoms with E-state index in [1.807, 2.05) is 18.2 Å². The molecule has 1 fully saturated rings. The number of amides is 1. The molecule has 2 aromatic rings. The van der Waals surface area contributed by atoms with Crippen molar-refractivity contribution in [3.63, 3.8) is 0 Å². The first-order chi connectivity index (χ1) is 12.6. The van der Waals surface area contributed by atoms with E-state index in [-0.39, 0.29) is 24.4 Å². The molecule has 0 atom stereocenters. The van der Waals surface area contributed by atoms with E-state index < -0.39 is 0 Å². The number of ether oxygens (including phenoxy) is 2. The number of halogens is 1. The normalized spacial score (nSPS) is 15.1. The molecule has 1 aromatic carbocycles. The topological polar surface area (TPSA) is 81.6 Å². The smallest absolute Gasteiger partial charge is 0.309 e. The number of hydrogen-bond acceptors (Lipinski definition) is 6. The molecule has 3 rings (SSSR count). The zero-order chi connectivity index (χ0) is 18.5. The van der Waals surface area contributed by atoms with Crippen molar-refractivity contribution in [1.82, 2.24) is 14.9 Å². The van der Waals surface area contributed by atoms with Crippen molar-refractivity contribution < 1.29 is 19.1 Å². The second-order valence-electron chi connectivity index (χ2n) is 6.04. The molecular weight excluding hydrogens is 402 g/mol. The summed E-state index contributed by atoms with van der Waals surface area (Å²) in [5.41, 5.74) is 0.751. The Labute approximate surface area is 159 Å². The number of aromatic nitrogens is 2. The SMILES string of the molecule is CCOC(=O)C1CCN(C(=O)COc2ncnc3ccc(Br)cc23)CC1. The van der Waals surface area contributed by atoms with Crippen LogP contribution in [0.4, 0.5) is 0 Å². The molecule has 0 N–H and O–H groups in total. The largest absolute Gasteiger partial charge is 0.467 e. The van der Waals surface area contributed by atoms with E-state index in [0.717, 1.165) is 15.4 Å². The zero-order valence-electron chi connectivity index (χ0n) is 14.5. The van der Waals surface area contributed by atoms with Crippen LogP contribution in [0.5, 0.6) is 5.88 Å². The van der Waals surface area contributed by atoms with Crippen molar-refractivity contribution in [2.24, 2.45) is 5.92 Å². The number of likely N-dealkylation sites (tertiary alicyclic amines) is 1. The summed E-state index contributed by atoms with van der Waals surface area (Å²) < 4.78 is 11.6. The van der Waals surface area contributed by atoms with Gasteiger partial charge in [-0.2, -0.15) is 0 Å². The maximum absolute atomic E-state index is 12.4. The Hall–Kier alpha value is -2.22. The lowest BCUT2D eigenvalue weighted by atomic mass is 9.97. The van der Waals surface area contributed by atoms with E-state index in [4.69, 9.17) is 9.47 Å². The number of piperidine rings is 1. The van der Waals surface area contributed by atoms with Gasteiger partial charge in [0.15, 0.2) is 6.61 Å². The molecule has 0 spiro atoms. The highest BCUT2D eigenvalue weighted by atomic mass is 79.9. The lowest BCUT2D eigenvalue weighted by Gasteiger charge is -2.30. The van der Waals surface area contributed by atoms with Gasteiger partial charge in [-0.3, -0.25) is 9.59 Å². The molecule has 0 saturated carbocycles. The third-order valence-corrected chi connectivity index (χ3v) is 4.85. The summed E-state index contributed by atoms with van der Waals surface area (Å²) in [6, 6.07) is 5.61. The zero-order valence-corrected chi connectivity index (χ0v) is 16.1. The van der Waals surface area contributed by atoms with Crippen LogP contribution in [0, 0.1) is 5.92 Å². The molecule has 7 nitrogen and oxygen atoms in total. The van der Waals surface area contributed by atoms with Crippen LogP contribution in [-0.2, 0) is 14.3 Å². The van der Waals surface area contributed by atoms with Crippen LogP contribution in [0.25, 0.3) is 10.9 Å². The van der Waals surface area contributed by atoms with E-state index in [1.54, 1.807) is 11.8 Å². The standard InChI is InChI=1S/C18H20BrN3O4/c1-2-25-18(24)12-5-7-22(8-6-12)16(23)10-26-17-14-9-13(19)3-4-15(14)20-11-21-17/h3-4,9,11-12H,2,5-8,10H2,1H3. The van der Waals surface area contributed by atoms with Crippen molar-refractivity contribution in [3.05, 3.63) is 29.0 Å². The summed E-state index contributed by atoms with van der Waals surface area (Å²) in [6.45, 7) is 3.14. The minimum atomic E-state index is -0.172. The number of esters is 1. The minimum absolute atomic E-state index is 0.0945. The minimum Gasteiger partial charge on any atom is -0.467 e. The van der Waals surface area contributed by atoms with Gasteiger partial charge in [0.05, 0.1) is 23.4 Å². The maximum Gasteiger partial charge on any atom is 0.309 e. The molecule has 1 aromatic heterocycles. The Balaban J connectivity index is 1.57. The van der Waals surface area contributed by atoms with Crippen LogP contribution in [0.1, 0.15) is 19.8 Å². The Kier molecular flexibility index (Phi) is 6.03. The van der Waals surface area contributed by atoms with Gasteiger partial charge in [0, 0.05) is 17.6 Å². The van der Waals surface area contributed by atoms with Crippen LogP contribution < -0.4 is 4.74 Å². The quantitative estimate of drug-likeness (QED) is 0.689. The second kappa shape index (κ2) is 8.44. The Bertz CT molecular complexity index is 806. The van der Waals surface area contributed by atoms with Crippen LogP contribution in [0.3, 0.4) is 0 Å². The molecule has 0 unspecified atom stereocenters. The van der Waals surface area contributed by atoms with Gasteiger partial charge < -0.3 is 14.4 Å². The highest BCUT2D eigenvalue weighted by Crippen LogP contribution is 2.25. The van der Waals surface area contributed by atoms with Crippen molar-refractivity contribution >= 4 is 38.7 Å². The Morgan fingerprint density at radius 2 is 2.04 bits per heavy atom. The summed E-state index contributed by atoms with van der Waals surface area (Å²) in [5, 5.41) is 0.746. The van der Waals surface area contributed by atoms with Crippen LogP contribution >= 0.6 is 15.9 Å². The average Bonchev–Trinajstić information content (AvgIpc) is 2.66. The van der Waals surface area contributed by atoms with E-state index >= 15 is 0 Å². The molecule has 1 saturated heterocycles. The first-order valence-corrected chi connectivity index (χ1v) is 9.35. The van der Waals surface area contributed by atoms with E-state index in [0.29, 0.717) is 38.4 Å². The number of rotatable bonds is 5. The summed E-state index contributed by atoms with van der Waals surface area (Å²) in [6.07, 6.45) is 2.66. The number of carbonyl (C=O) groups excluding carboxylic acids is 2. The average molecular weight is 422 g/mol. The van der Waals surface area contributed by atoms with Gasteiger partial charge in [0.25, 0.3) is 5.91 Å². The van der Waals surface area contributed by atoms with Crippen molar-refractivity contribution in [1.29, 1.82) is 0 Å². The third kappa shape index (κ3) is 4.30. The van der Waals surface area contributed by atoms with Gasteiger partial charge in [0.2, 0.25) is 5.88 Å². The second-order valence-corrected chi connectivity index (χ2v) is 6.95. The number of fused-ring (bicyclic) bond motifs is 1. The van der Waals surface area contributed by atoms with Gasteiger partial charge >= 0.3 is 5.97 Å². The van der Waals surface area contributed by atoms with Crippen molar-refractivity contribution in [2.75, 3.05) is 26.3 Å². The van der Waals surface area contributed by atoms with Gasteiger partial charge in [-0.05, 0) is 38.0 Å². The van der Waals surface area contributed by atoms with Gasteiger partial charge in [-0.15, -0.1) is 0 Å². The number of carbonyl (C=O) groups is 2. The van der Waals surface area contributed by atoms with Gasteiger partial charge in [-0.25, -0.2) is 9.97 Å². The molecule has 1 aliphatic heterocycles. The molecule has 2 heterocycles. The van der Waals surface area contributed by atoms with Crippen LogP contribution in [0.15, 0.2) is 29.0 Å². The van der Waals surface area contributed by atoms with E-state index in [1.165, 1.54) is 6.33 Å². The monoisotopic (exact) mass is 421 g/mol. The third-order valence-electron chi connectivity index (χ3n) is 4.36. The predicted octanol–water partition coefficient (Wildman–Crippen LogP) is 2.57. The van der Waals surface area contributed by atoms with Crippen LogP contribution in [0.2, 0.25) is 0 Å². The summed E-state index contributed by atoms with van der Waals surface area (Å²) in [4.78, 5) is 34.2. The van der Waals surface area contributed by atoms with Crippen LogP contribution in [-0.4, -0.2) is 53.0 Å². The molecule has 0 aliphatic carbocycles. The fraction of sp³-hybridized carbons (Fsp3) is 0.444. The number of hydrogen-bond donors (Lipinski definition) is 0. The molecule has 1 amide bonds. The molecule has 26 heavy (non-hydrogen) atoms. The van der Waals surface area contributed by atoms with Crippen molar-refractivity contribution in [2.45, 2.75) is 19.8 Å². The van der Waals surface area contributed by atoms with Crippen molar-refractivity contribution in [3.8, 4) is 5.88 Å². The molecule has 8 heteroatoms. The summed E-state index contributed by atoms with van der Waals surface area (Å²) >= 11 is 3.41. The Morgan fingerprint density at radius 1 is 1.27 bits per heavy atom. The lowest BCUT2D eigenvalue weighted by molar-refractivity contribution is -0.151. The van der Waals surface area contributed by atoms with E-state index in [2.05, 4.69) is 25.9 Å². The summed E-state index contributed by atoms with van der Waals surface area (Å²) in [5.74, 6) is -0.0305.